The molecule has 1 rings (SSSR count). The highest BCUT2D eigenvalue weighted by molar-refractivity contribution is 4.75. The first-order valence-corrected chi connectivity index (χ1v) is 6.71. The van der Waals surface area contributed by atoms with E-state index < -0.39 is 0 Å². The first kappa shape index (κ1) is 13.0. The third-order valence-electron chi connectivity index (χ3n) is 3.45. The largest absolute Gasteiger partial charge is 0.313 e. The third-order valence-corrected chi connectivity index (χ3v) is 3.45. The SMILES string of the molecule is CCN(CCNC(C)C)C1CCCCC1. The quantitative estimate of drug-likeness (QED) is 0.728. The van der Waals surface area contributed by atoms with Gasteiger partial charge in [-0.15, -0.1) is 0 Å². The summed E-state index contributed by atoms with van der Waals surface area (Å²) in [7, 11) is 0. The first-order chi connectivity index (χ1) is 7.24. The third kappa shape index (κ3) is 4.98. The van der Waals surface area contributed by atoms with Crippen LogP contribution in [-0.4, -0.2) is 36.6 Å². The van der Waals surface area contributed by atoms with Crippen molar-refractivity contribution in [3.8, 4) is 0 Å². The molecule has 0 bridgehead atoms. The Morgan fingerprint density at radius 2 is 1.87 bits per heavy atom. The van der Waals surface area contributed by atoms with Crippen molar-refractivity contribution in [1.29, 1.82) is 0 Å². The number of hydrogen-bond acceptors (Lipinski definition) is 2. The van der Waals surface area contributed by atoms with Gasteiger partial charge in [0.2, 0.25) is 0 Å². The van der Waals surface area contributed by atoms with Crippen LogP contribution >= 0.6 is 0 Å². The Balaban J connectivity index is 2.21. The van der Waals surface area contributed by atoms with Gasteiger partial charge >= 0.3 is 0 Å². The summed E-state index contributed by atoms with van der Waals surface area (Å²) in [6, 6.07) is 1.49. The number of hydrogen-bond donors (Lipinski definition) is 1. The van der Waals surface area contributed by atoms with E-state index >= 15 is 0 Å². The van der Waals surface area contributed by atoms with Crippen molar-refractivity contribution >= 4 is 0 Å². The van der Waals surface area contributed by atoms with E-state index in [9.17, 15) is 0 Å². The minimum Gasteiger partial charge on any atom is -0.313 e. The predicted octanol–water partition coefficient (Wildman–Crippen LogP) is 2.64. The van der Waals surface area contributed by atoms with E-state index in [0.29, 0.717) is 6.04 Å². The molecule has 0 unspecified atom stereocenters. The highest BCUT2D eigenvalue weighted by Crippen LogP contribution is 2.21. The van der Waals surface area contributed by atoms with Crippen LogP contribution in [0.3, 0.4) is 0 Å². The molecule has 1 fully saturated rings. The zero-order valence-electron chi connectivity index (χ0n) is 10.8. The van der Waals surface area contributed by atoms with Crippen LogP contribution < -0.4 is 5.32 Å². The smallest absolute Gasteiger partial charge is 0.0110 e. The van der Waals surface area contributed by atoms with Crippen molar-refractivity contribution in [2.75, 3.05) is 19.6 Å². The normalized spacial score (nSPS) is 19.0. The average Bonchev–Trinajstić information content (AvgIpc) is 2.25. The fraction of sp³-hybridized carbons (Fsp3) is 1.00. The van der Waals surface area contributed by atoms with Crippen molar-refractivity contribution in [1.82, 2.24) is 10.2 Å². The summed E-state index contributed by atoms with van der Waals surface area (Å²) in [5.41, 5.74) is 0. The van der Waals surface area contributed by atoms with Gasteiger partial charge in [-0.05, 0) is 19.4 Å². The molecule has 0 aromatic heterocycles. The molecule has 90 valence electrons. The van der Waals surface area contributed by atoms with Crippen LogP contribution in [-0.2, 0) is 0 Å². The highest BCUT2D eigenvalue weighted by atomic mass is 15.2. The lowest BCUT2D eigenvalue weighted by Crippen LogP contribution is -2.41. The van der Waals surface area contributed by atoms with Gasteiger partial charge in [0.05, 0.1) is 0 Å². The summed E-state index contributed by atoms with van der Waals surface area (Å²) >= 11 is 0. The number of nitrogens with one attached hydrogen (secondary N) is 1. The van der Waals surface area contributed by atoms with Crippen molar-refractivity contribution < 1.29 is 0 Å². The van der Waals surface area contributed by atoms with Gasteiger partial charge in [0, 0.05) is 25.2 Å². The predicted molar refractivity (Wildman–Crippen MR) is 67.3 cm³/mol. The molecular formula is C13H28N2. The fourth-order valence-electron chi connectivity index (χ4n) is 2.54. The second kappa shape index (κ2) is 7.24. The van der Waals surface area contributed by atoms with Gasteiger partial charge in [-0.25, -0.2) is 0 Å². The van der Waals surface area contributed by atoms with Crippen LogP contribution in [0, 0.1) is 0 Å². The van der Waals surface area contributed by atoms with Crippen LogP contribution in [0.4, 0.5) is 0 Å². The summed E-state index contributed by atoms with van der Waals surface area (Å²) in [6.07, 6.45) is 7.20. The molecule has 1 aliphatic rings. The molecule has 0 aliphatic heterocycles. The molecule has 0 atom stereocenters. The van der Waals surface area contributed by atoms with E-state index in [-0.39, 0.29) is 0 Å². The summed E-state index contributed by atoms with van der Waals surface area (Å²) in [4.78, 5) is 2.66. The van der Waals surface area contributed by atoms with Gasteiger partial charge in [0.15, 0.2) is 0 Å². The van der Waals surface area contributed by atoms with E-state index in [1.165, 1.54) is 45.2 Å². The number of likely N-dealkylation sites (N-methyl/N-ethyl adjacent to an activating group) is 1. The monoisotopic (exact) mass is 212 g/mol. The Morgan fingerprint density at radius 3 is 2.40 bits per heavy atom. The van der Waals surface area contributed by atoms with Crippen molar-refractivity contribution in [3.63, 3.8) is 0 Å². The van der Waals surface area contributed by atoms with E-state index in [1.807, 2.05) is 0 Å². The fourth-order valence-corrected chi connectivity index (χ4v) is 2.54. The van der Waals surface area contributed by atoms with Crippen LogP contribution in [0.15, 0.2) is 0 Å². The molecule has 1 N–H and O–H groups in total. The highest BCUT2D eigenvalue weighted by Gasteiger charge is 2.18. The summed E-state index contributed by atoms with van der Waals surface area (Å²) < 4.78 is 0. The molecule has 2 nitrogen and oxygen atoms in total. The van der Waals surface area contributed by atoms with Crippen LogP contribution in [0.25, 0.3) is 0 Å². The van der Waals surface area contributed by atoms with E-state index in [1.54, 1.807) is 0 Å². The minimum absolute atomic E-state index is 0.620. The van der Waals surface area contributed by atoms with Crippen LogP contribution in [0.5, 0.6) is 0 Å². The maximum Gasteiger partial charge on any atom is 0.0110 e. The van der Waals surface area contributed by atoms with E-state index in [0.717, 1.165) is 12.6 Å². The molecule has 0 aromatic rings. The molecule has 0 saturated heterocycles. The lowest BCUT2D eigenvalue weighted by Gasteiger charge is -2.33. The van der Waals surface area contributed by atoms with Crippen molar-refractivity contribution in [2.24, 2.45) is 0 Å². The maximum absolute atomic E-state index is 3.51. The molecule has 15 heavy (non-hydrogen) atoms. The molecule has 0 spiro atoms. The molecule has 0 amide bonds. The van der Waals surface area contributed by atoms with Gasteiger partial charge in [0.1, 0.15) is 0 Å². The number of nitrogens with zero attached hydrogens (tertiary/aromatic N) is 1. The maximum atomic E-state index is 3.51. The average molecular weight is 212 g/mol. The molecule has 0 radical (unpaired) electrons. The Kier molecular flexibility index (Phi) is 6.26. The molecule has 0 heterocycles. The Hall–Kier alpha value is -0.0800. The van der Waals surface area contributed by atoms with Crippen molar-refractivity contribution in [3.05, 3.63) is 0 Å². The number of rotatable bonds is 6. The van der Waals surface area contributed by atoms with Crippen molar-refractivity contribution in [2.45, 2.75) is 65.0 Å². The molecule has 2 heteroatoms. The van der Waals surface area contributed by atoms with Crippen LogP contribution in [0.1, 0.15) is 52.9 Å². The molecular weight excluding hydrogens is 184 g/mol. The Labute approximate surface area is 95.4 Å². The summed E-state index contributed by atoms with van der Waals surface area (Å²) in [5, 5.41) is 3.51. The Bertz CT molecular complexity index is 151. The van der Waals surface area contributed by atoms with Gasteiger partial charge in [-0.1, -0.05) is 40.0 Å². The molecule has 1 aliphatic carbocycles. The Morgan fingerprint density at radius 1 is 1.20 bits per heavy atom. The van der Waals surface area contributed by atoms with E-state index in [2.05, 4.69) is 31.0 Å². The second-order valence-electron chi connectivity index (χ2n) is 5.03. The topological polar surface area (TPSA) is 15.3 Å². The van der Waals surface area contributed by atoms with E-state index in [4.69, 9.17) is 0 Å². The lowest BCUT2D eigenvalue weighted by molar-refractivity contribution is 0.163. The summed E-state index contributed by atoms with van der Waals surface area (Å²) in [6.45, 7) is 10.3. The van der Waals surface area contributed by atoms with Gasteiger partial charge in [-0.3, -0.25) is 4.90 Å². The molecule has 1 saturated carbocycles. The van der Waals surface area contributed by atoms with Gasteiger partial charge in [-0.2, -0.15) is 0 Å². The summed E-state index contributed by atoms with van der Waals surface area (Å²) in [5.74, 6) is 0. The first-order valence-electron chi connectivity index (χ1n) is 6.71. The standard InChI is InChI=1S/C13H28N2/c1-4-15(11-10-14-12(2)3)13-8-6-5-7-9-13/h12-14H,4-11H2,1-3H3. The minimum atomic E-state index is 0.620. The van der Waals surface area contributed by atoms with Gasteiger partial charge in [0.25, 0.3) is 0 Å². The van der Waals surface area contributed by atoms with Crippen LogP contribution in [0.2, 0.25) is 0 Å². The molecule has 0 aromatic carbocycles. The second-order valence-corrected chi connectivity index (χ2v) is 5.03. The zero-order chi connectivity index (χ0) is 11.1. The van der Waals surface area contributed by atoms with Gasteiger partial charge < -0.3 is 5.32 Å². The lowest BCUT2D eigenvalue weighted by atomic mass is 9.94. The zero-order valence-corrected chi connectivity index (χ0v) is 10.8.